The van der Waals surface area contributed by atoms with E-state index >= 15 is 0 Å². The maximum Gasteiger partial charge on any atom is 0.274 e. The summed E-state index contributed by atoms with van der Waals surface area (Å²) in [5.41, 5.74) is 2.21. The van der Waals surface area contributed by atoms with E-state index in [-0.39, 0.29) is 36.8 Å². The molecule has 1 atom stereocenters. The van der Waals surface area contributed by atoms with Crippen LogP contribution < -0.4 is 5.32 Å². The van der Waals surface area contributed by atoms with Gasteiger partial charge in [0, 0.05) is 44.5 Å². The van der Waals surface area contributed by atoms with Gasteiger partial charge in [-0.2, -0.15) is 0 Å². The average molecular weight is 350 g/mol. The monoisotopic (exact) mass is 349 g/mol. The Hall–Kier alpha value is -1.15. The molecule has 1 aliphatic heterocycles. The van der Waals surface area contributed by atoms with E-state index in [2.05, 4.69) is 15.3 Å². The van der Waals surface area contributed by atoms with Crippen molar-refractivity contribution in [3.8, 4) is 0 Å². The molecular formula is C12H17Cl2N5OS. The van der Waals surface area contributed by atoms with Crippen LogP contribution in [0.15, 0.2) is 23.3 Å². The molecule has 21 heavy (non-hydrogen) atoms. The topological polar surface area (TPSA) is 63.1 Å². The van der Waals surface area contributed by atoms with Gasteiger partial charge in [0.05, 0.1) is 5.51 Å². The quantitative estimate of drug-likeness (QED) is 0.892. The molecule has 0 spiro atoms. The summed E-state index contributed by atoms with van der Waals surface area (Å²) >= 11 is 1.44. The summed E-state index contributed by atoms with van der Waals surface area (Å²) in [5, 5.41) is 5.11. The number of nitrogens with one attached hydrogen (secondary N) is 1. The molecule has 0 aromatic carbocycles. The number of nitrogens with zero attached hydrogens (tertiary/aromatic N) is 4. The Morgan fingerprint density at radius 1 is 1.43 bits per heavy atom. The summed E-state index contributed by atoms with van der Waals surface area (Å²) in [4.78, 5) is 22.8. The molecule has 1 unspecified atom stereocenters. The van der Waals surface area contributed by atoms with Crippen LogP contribution in [-0.2, 0) is 7.05 Å². The SMILES string of the molecule is Cl.Cl.Cn1ccnc1C1CNCCN1C(=O)c1cscn1. The third-order valence-corrected chi connectivity index (χ3v) is 3.90. The predicted molar refractivity (Wildman–Crippen MR) is 86.5 cm³/mol. The maximum atomic E-state index is 12.5. The molecule has 0 saturated carbocycles. The van der Waals surface area contributed by atoms with Crippen molar-refractivity contribution in [3.63, 3.8) is 0 Å². The maximum absolute atomic E-state index is 12.5. The lowest BCUT2D eigenvalue weighted by Gasteiger charge is -2.35. The lowest BCUT2D eigenvalue weighted by atomic mass is 10.1. The van der Waals surface area contributed by atoms with E-state index in [1.807, 2.05) is 22.7 Å². The Kier molecular flexibility index (Phi) is 6.60. The number of halogens is 2. The van der Waals surface area contributed by atoms with Crippen LogP contribution in [0.1, 0.15) is 22.4 Å². The molecule has 2 aromatic rings. The van der Waals surface area contributed by atoms with Gasteiger partial charge in [0.1, 0.15) is 17.6 Å². The third-order valence-electron chi connectivity index (χ3n) is 3.31. The Morgan fingerprint density at radius 2 is 2.24 bits per heavy atom. The lowest BCUT2D eigenvalue weighted by molar-refractivity contribution is 0.0615. The summed E-state index contributed by atoms with van der Waals surface area (Å²) in [6, 6.07) is -0.0389. The summed E-state index contributed by atoms with van der Waals surface area (Å²) in [6.45, 7) is 2.20. The van der Waals surface area contributed by atoms with Crippen molar-refractivity contribution < 1.29 is 4.79 Å². The molecule has 1 amide bonds. The molecule has 1 fully saturated rings. The standard InChI is InChI=1S/C12H15N5OS.2ClH/c1-16-4-3-14-11(16)10-6-13-2-5-17(10)12(18)9-7-19-8-15-9;;/h3-4,7-8,10,13H,2,5-6H2,1H3;2*1H. The van der Waals surface area contributed by atoms with Crippen molar-refractivity contribution in [2.24, 2.45) is 7.05 Å². The van der Waals surface area contributed by atoms with Crippen molar-refractivity contribution >= 4 is 42.1 Å². The van der Waals surface area contributed by atoms with Crippen molar-refractivity contribution in [2.45, 2.75) is 6.04 Å². The Bertz CT molecular complexity index is 574. The molecule has 1 aliphatic rings. The molecule has 9 heteroatoms. The van der Waals surface area contributed by atoms with E-state index in [0.717, 1.165) is 18.9 Å². The van der Waals surface area contributed by atoms with Gasteiger partial charge in [-0.1, -0.05) is 0 Å². The van der Waals surface area contributed by atoms with E-state index in [9.17, 15) is 4.79 Å². The third kappa shape index (κ3) is 3.55. The highest BCUT2D eigenvalue weighted by molar-refractivity contribution is 7.07. The second kappa shape index (κ2) is 7.74. The van der Waals surface area contributed by atoms with E-state index in [4.69, 9.17) is 0 Å². The van der Waals surface area contributed by atoms with E-state index in [0.29, 0.717) is 12.2 Å². The Morgan fingerprint density at radius 3 is 2.86 bits per heavy atom. The molecule has 6 nitrogen and oxygen atoms in total. The van der Waals surface area contributed by atoms with Gasteiger partial charge < -0.3 is 14.8 Å². The fraction of sp³-hybridized carbons (Fsp3) is 0.417. The molecule has 3 heterocycles. The minimum absolute atomic E-state index is 0. The van der Waals surface area contributed by atoms with Crippen molar-refractivity contribution in [1.82, 2.24) is 24.8 Å². The first-order valence-corrected chi connectivity index (χ1v) is 7.09. The number of hydrogen-bond donors (Lipinski definition) is 1. The molecular weight excluding hydrogens is 333 g/mol. The van der Waals surface area contributed by atoms with Crippen LogP contribution in [0, 0.1) is 0 Å². The number of amides is 1. The smallest absolute Gasteiger partial charge is 0.274 e. The first-order valence-electron chi connectivity index (χ1n) is 6.14. The van der Waals surface area contributed by atoms with Gasteiger partial charge in [0.25, 0.3) is 5.91 Å². The second-order valence-electron chi connectivity index (χ2n) is 4.49. The molecule has 0 bridgehead atoms. The van der Waals surface area contributed by atoms with Crippen molar-refractivity contribution in [2.75, 3.05) is 19.6 Å². The molecule has 1 N–H and O–H groups in total. The molecule has 3 rings (SSSR count). The van der Waals surface area contributed by atoms with Gasteiger partial charge in [0.2, 0.25) is 0 Å². The van der Waals surface area contributed by atoms with Crippen LogP contribution in [0.25, 0.3) is 0 Å². The van der Waals surface area contributed by atoms with Gasteiger partial charge in [-0.05, 0) is 0 Å². The van der Waals surface area contributed by atoms with E-state index in [1.165, 1.54) is 11.3 Å². The molecule has 0 aliphatic carbocycles. The first-order chi connectivity index (χ1) is 9.27. The number of hydrogen-bond acceptors (Lipinski definition) is 5. The Labute approximate surface area is 139 Å². The summed E-state index contributed by atoms with van der Waals surface area (Å²) < 4.78 is 1.96. The number of piperazine rings is 1. The Balaban J connectivity index is 0.00000110. The normalized spacial score (nSPS) is 17.8. The second-order valence-corrected chi connectivity index (χ2v) is 5.21. The zero-order chi connectivity index (χ0) is 13.2. The zero-order valence-corrected chi connectivity index (χ0v) is 13.9. The van der Waals surface area contributed by atoms with Gasteiger partial charge in [-0.25, -0.2) is 9.97 Å². The number of thiazole rings is 1. The van der Waals surface area contributed by atoms with Gasteiger partial charge in [-0.3, -0.25) is 4.79 Å². The number of aryl methyl sites for hydroxylation is 1. The predicted octanol–water partition coefficient (Wildman–Crippen LogP) is 1.51. The highest BCUT2D eigenvalue weighted by atomic mass is 35.5. The van der Waals surface area contributed by atoms with Crippen LogP contribution in [0.4, 0.5) is 0 Å². The van der Waals surface area contributed by atoms with E-state index < -0.39 is 0 Å². The first kappa shape index (κ1) is 17.9. The minimum atomic E-state index is -0.0389. The van der Waals surface area contributed by atoms with Gasteiger partial charge in [0.15, 0.2) is 0 Å². The fourth-order valence-corrected chi connectivity index (χ4v) is 2.87. The summed E-state index contributed by atoms with van der Waals surface area (Å²) in [5.74, 6) is 0.881. The van der Waals surface area contributed by atoms with Crippen LogP contribution in [-0.4, -0.2) is 45.0 Å². The van der Waals surface area contributed by atoms with Crippen molar-refractivity contribution in [3.05, 3.63) is 34.8 Å². The van der Waals surface area contributed by atoms with E-state index in [1.54, 1.807) is 17.1 Å². The number of carbonyl (C=O) groups is 1. The molecule has 116 valence electrons. The molecule has 1 saturated heterocycles. The highest BCUT2D eigenvalue weighted by Gasteiger charge is 2.31. The van der Waals surface area contributed by atoms with Crippen LogP contribution in [0.5, 0.6) is 0 Å². The number of aromatic nitrogens is 3. The summed E-state index contributed by atoms with van der Waals surface area (Å²) in [6.07, 6.45) is 3.66. The molecule has 0 radical (unpaired) electrons. The van der Waals surface area contributed by atoms with Crippen LogP contribution in [0.3, 0.4) is 0 Å². The minimum Gasteiger partial charge on any atom is -0.336 e. The van der Waals surface area contributed by atoms with Gasteiger partial charge in [-0.15, -0.1) is 36.2 Å². The average Bonchev–Trinajstić information content (AvgIpc) is 3.09. The number of carbonyl (C=O) groups excluding carboxylic acids is 1. The number of rotatable bonds is 2. The number of imidazole rings is 1. The van der Waals surface area contributed by atoms with Crippen LogP contribution in [0.2, 0.25) is 0 Å². The lowest BCUT2D eigenvalue weighted by Crippen LogP contribution is -2.49. The van der Waals surface area contributed by atoms with Crippen LogP contribution >= 0.6 is 36.2 Å². The van der Waals surface area contributed by atoms with Crippen molar-refractivity contribution in [1.29, 1.82) is 0 Å². The summed E-state index contributed by atoms with van der Waals surface area (Å²) in [7, 11) is 1.95. The molecule has 2 aromatic heterocycles. The highest BCUT2D eigenvalue weighted by Crippen LogP contribution is 2.22. The van der Waals surface area contributed by atoms with Gasteiger partial charge >= 0.3 is 0 Å². The zero-order valence-electron chi connectivity index (χ0n) is 11.4. The largest absolute Gasteiger partial charge is 0.336 e. The fourth-order valence-electron chi connectivity index (χ4n) is 2.34.